The van der Waals surface area contributed by atoms with E-state index in [1.54, 1.807) is 24.3 Å². The van der Waals surface area contributed by atoms with Gasteiger partial charge in [0.2, 0.25) is 0 Å². The molecule has 0 aliphatic rings. The second-order valence-electron chi connectivity index (χ2n) is 3.37. The van der Waals surface area contributed by atoms with Gasteiger partial charge in [-0.25, -0.2) is 4.79 Å². The summed E-state index contributed by atoms with van der Waals surface area (Å²) in [6, 6.07) is 6.90. The molecular formula is C11H16N2O2. The van der Waals surface area contributed by atoms with E-state index in [-0.39, 0.29) is 6.10 Å². The van der Waals surface area contributed by atoms with Crippen molar-refractivity contribution in [3.8, 4) is 0 Å². The molecule has 0 radical (unpaired) electrons. The Labute approximate surface area is 89.4 Å². The van der Waals surface area contributed by atoms with Crippen molar-refractivity contribution in [3.63, 3.8) is 0 Å². The number of carbonyl (C=O) groups excluding carboxylic acids is 1. The average molecular weight is 208 g/mol. The highest BCUT2D eigenvalue weighted by atomic mass is 16.6. The normalized spacial score (nSPS) is 11.9. The summed E-state index contributed by atoms with van der Waals surface area (Å²) in [5.74, 6) is 0. The summed E-state index contributed by atoms with van der Waals surface area (Å²) < 4.78 is 5.05. The zero-order chi connectivity index (χ0) is 11.3. The van der Waals surface area contributed by atoms with Crippen LogP contribution >= 0.6 is 0 Å². The SMILES string of the molecule is CCC(C)OC(=O)Nc1ccc(N)cc1. The molecule has 0 aliphatic heterocycles. The standard InChI is InChI=1S/C11H16N2O2/c1-3-8(2)15-11(14)13-10-6-4-9(12)5-7-10/h4-8H,3,12H2,1-2H3,(H,13,14). The van der Waals surface area contributed by atoms with Crippen molar-refractivity contribution in [2.45, 2.75) is 26.4 Å². The van der Waals surface area contributed by atoms with Crippen molar-refractivity contribution in [2.75, 3.05) is 11.1 Å². The Bertz CT molecular complexity index is 322. The van der Waals surface area contributed by atoms with Gasteiger partial charge < -0.3 is 10.5 Å². The Morgan fingerprint density at radius 3 is 2.60 bits per heavy atom. The number of amides is 1. The number of rotatable bonds is 3. The summed E-state index contributed by atoms with van der Waals surface area (Å²) in [5.41, 5.74) is 6.86. The van der Waals surface area contributed by atoms with E-state index >= 15 is 0 Å². The monoisotopic (exact) mass is 208 g/mol. The summed E-state index contributed by atoms with van der Waals surface area (Å²) in [5, 5.41) is 2.62. The number of hydrogen-bond acceptors (Lipinski definition) is 3. The molecule has 4 heteroatoms. The van der Waals surface area contributed by atoms with Crippen LogP contribution in [0.3, 0.4) is 0 Å². The molecule has 0 saturated carbocycles. The Balaban J connectivity index is 2.48. The van der Waals surface area contributed by atoms with Crippen molar-refractivity contribution in [1.29, 1.82) is 0 Å². The van der Waals surface area contributed by atoms with Gasteiger partial charge in [0, 0.05) is 11.4 Å². The third kappa shape index (κ3) is 3.89. The zero-order valence-corrected chi connectivity index (χ0v) is 8.99. The Morgan fingerprint density at radius 1 is 1.47 bits per heavy atom. The maximum atomic E-state index is 11.3. The van der Waals surface area contributed by atoms with Gasteiger partial charge >= 0.3 is 6.09 Å². The minimum Gasteiger partial charge on any atom is -0.446 e. The lowest BCUT2D eigenvalue weighted by atomic mass is 10.3. The van der Waals surface area contributed by atoms with Crippen LogP contribution in [0.15, 0.2) is 24.3 Å². The minimum absolute atomic E-state index is 0.0706. The molecule has 1 aromatic rings. The van der Waals surface area contributed by atoms with Gasteiger partial charge in [-0.15, -0.1) is 0 Å². The fourth-order valence-electron chi connectivity index (χ4n) is 0.980. The Morgan fingerprint density at radius 2 is 2.07 bits per heavy atom. The third-order valence-electron chi connectivity index (χ3n) is 2.04. The molecule has 0 aliphatic carbocycles. The van der Waals surface area contributed by atoms with E-state index in [1.807, 2.05) is 13.8 Å². The lowest BCUT2D eigenvalue weighted by Crippen LogP contribution is -2.19. The summed E-state index contributed by atoms with van der Waals surface area (Å²) in [4.78, 5) is 11.3. The van der Waals surface area contributed by atoms with E-state index in [4.69, 9.17) is 10.5 Å². The fraction of sp³-hybridized carbons (Fsp3) is 0.364. The van der Waals surface area contributed by atoms with Crippen LogP contribution < -0.4 is 11.1 Å². The fourth-order valence-corrected chi connectivity index (χ4v) is 0.980. The van der Waals surface area contributed by atoms with E-state index in [2.05, 4.69) is 5.32 Å². The Kier molecular flexibility index (Phi) is 3.97. The number of hydrogen-bond donors (Lipinski definition) is 2. The first-order valence-corrected chi connectivity index (χ1v) is 4.95. The first-order valence-electron chi connectivity index (χ1n) is 4.95. The van der Waals surface area contributed by atoms with Crippen LogP contribution in [0, 0.1) is 0 Å². The first-order chi connectivity index (χ1) is 7.11. The summed E-state index contributed by atoms with van der Waals surface area (Å²) >= 11 is 0. The van der Waals surface area contributed by atoms with Crippen molar-refractivity contribution >= 4 is 17.5 Å². The zero-order valence-electron chi connectivity index (χ0n) is 8.99. The molecule has 0 bridgehead atoms. The van der Waals surface area contributed by atoms with Crippen LogP contribution in [0.4, 0.5) is 16.2 Å². The molecule has 82 valence electrons. The molecule has 1 unspecified atom stereocenters. The highest BCUT2D eigenvalue weighted by Gasteiger charge is 2.06. The lowest BCUT2D eigenvalue weighted by Gasteiger charge is -2.11. The van der Waals surface area contributed by atoms with Crippen LogP contribution in [0.5, 0.6) is 0 Å². The molecule has 0 heterocycles. The molecule has 0 aromatic heterocycles. The largest absolute Gasteiger partial charge is 0.446 e. The van der Waals surface area contributed by atoms with E-state index in [0.29, 0.717) is 11.4 Å². The quantitative estimate of drug-likeness (QED) is 0.750. The van der Waals surface area contributed by atoms with Gasteiger partial charge in [-0.2, -0.15) is 0 Å². The number of benzene rings is 1. The minimum atomic E-state index is -0.436. The van der Waals surface area contributed by atoms with Crippen LogP contribution in [0.1, 0.15) is 20.3 Å². The number of anilines is 2. The smallest absolute Gasteiger partial charge is 0.411 e. The molecule has 1 rings (SSSR count). The van der Waals surface area contributed by atoms with Gasteiger partial charge in [0.15, 0.2) is 0 Å². The van der Waals surface area contributed by atoms with Crippen molar-refractivity contribution in [3.05, 3.63) is 24.3 Å². The number of ether oxygens (including phenoxy) is 1. The molecule has 0 spiro atoms. The lowest BCUT2D eigenvalue weighted by molar-refractivity contribution is 0.118. The highest BCUT2D eigenvalue weighted by Crippen LogP contribution is 2.11. The number of nitrogens with one attached hydrogen (secondary N) is 1. The molecule has 4 nitrogen and oxygen atoms in total. The van der Waals surface area contributed by atoms with Crippen LogP contribution in [0.25, 0.3) is 0 Å². The molecule has 0 saturated heterocycles. The van der Waals surface area contributed by atoms with Gasteiger partial charge in [-0.3, -0.25) is 5.32 Å². The molecule has 1 amide bonds. The van der Waals surface area contributed by atoms with Crippen LogP contribution in [0.2, 0.25) is 0 Å². The van der Waals surface area contributed by atoms with E-state index in [0.717, 1.165) is 6.42 Å². The van der Waals surface area contributed by atoms with Crippen LogP contribution in [-0.2, 0) is 4.74 Å². The third-order valence-corrected chi connectivity index (χ3v) is 2.04. The van der Waals surface area contributed by atoms with Crippen molar-refractivity contribution < 1.29 is 9.53 Å². The molecule has 15 heavy (non-hydrogen) atoms. The van der Waals surface area contributed by atoms with Gasteiger partial charge in [-0.05, 0) is 37.6 Å². The van der Waals surface area contributed by atoms with E-state index in [1.165, 1.54) is 0 Å². The summed E-state index contributed by atoms with van der Waals surface area (Å²) in [6.45, 7) is 3.81. The first kappa shape index (κ1) is 11.4. The number of carbonyl (C=O) groups is 1. The van der Waals surface area contributed by atoms with Crippen molar-refractivity contribution in [2.24, 2.45) is 0 Å². The second-order valence-corrected chi connectivity index (χ2v) is 3.37. The predicted molar refractivity (Wildman–Crippen MR) is 60.7 cm³/mol. The van der Waals surface area contributed by atoms with E-state index < -0.39 is 6.09 Å². The van der Waals surface area contributed by atoms with Crippen molar-refractivity contribution in [1.82, 2.24) is 0 Å². The second kappa shape index (κ2) is 5.24. The maximum Gasteiger partial charge on any atom is 0.411 e. The number of nitrogen functional groups attached to an aromatic ring is 1. The number of nitrogens with two attached hydrogens (primary N) is 1. The summed E-state index contributed by atoms with van der Waals surface area (Å²) in [6.07, 6.45) is 0.294. The molecule has 1 atom stereocenters. The van der Waals surface area contributed by atoms with Gasteiger partial charge in [0.1, 0.15) is 6.10 Å². The molecular weight excluding hydrogens is 192 g/mol. The molecule has 3 N–H and O–H groups in total. The molecule has 0 fully saturated rings. The van der Waals surface area contributed by atoms with E-state index in [9.17, 15) is 4.79 Å². The topological polar surface area (TPSA) is 64.3 Å². The molecule has 1 aromatic carbocycles. The van der Waals surface area contributed by atoms with Gasteiger partial charge in [0.05, 0.1) is 0 Å². The Hall–Kier alpha value is -1.71. The average Bonchev–Trinajstić information content (AvgIpc) is 2.21. The maximum absolute atomic E-state index is 11.3. The predicted octanol–water partition coefficient (Wildman–Crippen LogP) is 2.62. The van der Waals surface area contributed by atoms with Gasteiger partial charge in [-0.1, -0.05) is 6.92 Å². The summed E-state index contributed by atoms with van der Waals surface area (Å²) in [7, 11) is 0. The highest BCUT2D eigenvalue weighted by molar-refractivity contribution is 5.84. The van der Waals surface area contributed by atoms with Gasteiger partial charge in [0.25, 0.3) is 0 Å². The van der Waals surface area contributed by atoms with Crippen LogP contribution in [-0.4, -0.2) is 12.2 Å².